The molecule has 5 nitrogen and oxygen atoms in total. The summed E-state index contributed by atoms with van der Waals surface area (Å²) in [4.78, 5) is 19.9. The van der Waals surface area contributed by atoms with Gasteiger partial charge in [0.2, 0.25) is 0 Å². The zero-order valence-corrected chi connectivity index (χ0v) is 12.5. The molecule has 0 aliphatic rings. The lowest BCUT2D eigenvalue weighted by molar-refractivity contribution is 0.0696. The van der Waals surface area contributed by atoms with Gasteiger partial charge >= 0.3 is 5.97 Å². The van der Waals surface area contributed by atoms with Gasteiger partial charge in [-0.15, -0.1) is 11.3 Å². The molecule has 0 aromatic carbocycles. The van der Waals surface area contributed by atoms with E-state index < -0.39 is 5.97 Å². The lowest BCUT2D eigenvalue weighted by Gasteiger charge is -2.06. The number of aromatic nitrogens is 2. The molecule has 106 valence electrons. The summed E-state index contributed by atoms with van der Waals surface area (Å²) in [6.45, 7) is 6.10. The third kappa shape index (κ3) is 3.33. The Labute approximate surface area is 121 Å². The standard InChI is InChI=1S/C14H17N3O2S/c1-4-10-5-9(13(18)19)6-12(15-10)17-14-16-11(7-20-14)8(2)3/h5-8H,4H2,1-3H3,(H,18,19)(H,15,16,17). The summed E-state index contributed by atoms with van der Waals surface area (Å²) in [5, 5.41) is 14.9. The fourth-order valence-corrected chi connectivity index (χ4v) is 2.55. The quantitative estimate of drug-likeness (QED) is 0.879. The first-order valence-electron chi connectivity index (χ1n) is 6.46. The van der Waals surface area contributed by atoms with Crippen LogP contribution in [0.4, 0.5) is 10.9 Å². The van der Waals surface area contributed by atoms with Gasteiger partial charge in [-0.1, -0.05) is 20.8 Å². The Morgan fingerprint density at radius 2 is 2.15 bits per heavy atom. The van der Waals surface area contributed by atoms with Gasteiger partial charge in [0.15, 0.2) is 5.13 Å². The molecule has 0 unspecified atom stereocenters. The number of carbonyl (C=O) groups is 1. The molecule has 6 heteroatoms. The number of nitrogens with zero attached hydrogens (tertiary/aromatic N) is 2. The van der Waals surface area contributed by atoms with Crippen molar-refractivity contribution in [1.29, 1.82) is 0 Å². The van der Waals surface area contributed by atoms with Crippen LogP contribution in [0.3, 0.4) is 0 Å². The second-order valence-corrected chi connectivity index (χ2v) is 5.61. The van der Waals surface area contributed by atoms with Crippen molar-refractivity contribution in [1.82, 2.24) is 9.97 Å². The third-order valence-electron chi connectivity index (χ3n) is 2.84. The van der Waals surface area contributed by atoms with E-state index in [9.17, 15) is 4.79 Å². The molecular formula is C14H17N3O2S. The van der Waals surface area contributed by atoms with Gasteiger partial charge in [-0.3, -0.25) is 0 Å². The number of hydrogen-bond acceptors (Lipinski definition) is 5. The molecule has 0 saturated carbocycles. The van der Waals surface area contributed by atoms with Crippen molar-refractivity contribution in [2.75, 3.05) is 5.32 Å². The predicted molar refractivity (Wildman–Crippen MR) is 80.1 cm³/mol. The molecule has 0 atom stereocenters. The van der Waals surface area contributed by atoms with E-state index in [2.05, 4.69) is 29.1 Å². The van der Waals surface area contributed by atoms with Gasteiger partial charge in [0.05, 0.1) is 11.3 Å². The van der Waals surface area contributed by atoms with Crippen LogP contribution in [0.25, 0.3) is 0 Å². The summed E-state index contributed by atoms with van der Waals surface area (Å²) in [6, 6.07) is 3.12. The topological polar surface area (TPSA) is 75.1 Å². The molecule has 20 heavy (non-hydrogen) atoms. The van der Waals surface area contributed by atoms with Crippen molar-refractivity contribution in [3.8, 4) is 0 Å². The van der Waals surface area contributed by atoms with Crippen LogP contribution in [-0.4, -0.2) is 21.0 Å². The minimum Gasteiger partial charge on any atom is -0.478 e. The van der Waals surface area contributed by atoms with Crippen molar-refractivity contribution in [3.63, 3.8) is 0 Å². The minimum absolute atomic E-state index is 0.236. The summed E-state index contributed by atoms with van der Waals surface area (Å²) < 4.78 is 0. The van der Waals surface area contributed by atoms with Crippen molar-refractivity contribution in [2.24, 2.45) is 0 Å². The highest BCUT2D eigenvalue weighted by Crippen LogP contribution is 2.24. The second kappa shape index (κ2) is 6.00. The Hall–Kier alpha value is -1.95. The molecule has 0 fully saturated rings. The molecule has 2 N–H and O–H groups in total. The number of hydrogen-bond donors (Lipinski definition) is 2. The Bertz CT molecular complexity index is 623. The molecule has 2 aromatic rings. The smallest absolute Gasteiger partial charge is 0.335 e. The van der Waals surface area contributed by atoms with Crippen LogP contribution in [0.2, 0.25) is 0 Å². The van der Waals surface area contributed by atoms with Crippen LogP contribution in [0, 0.1) is 0 Å². The van der Waals surface area contributed by atoms with Crippen molar-refractivity contribution < 1.29 is 9.90 Å². The summed E-state index contributed by atoms with van der Waals surface area (Å²) in [5.74, 6) is -0.0649. The Kier molecular flexibility index (Phi) is 4.34. The highest BCUT2D eigenvalue weighted by Gasteiger charge is 2.10. The summed E-state index contributed by atoms with van der Waals surface area (Å²) in [6.07, 6.45) is 0.685. The molecule has 2 aromatic heterocycles. The molecule has 0 aliphatic heterocycles. The van der Waals surface area contributed by atoms with Gasteiger partial charge in [0, 0.05) is 11.1 Å². The van der Waals surface area contributed by atoms with Crippen LogP contribution >= 0.6 is 11.3 Å². The van der Waals surface area contributed by atoms with Crippen LogP contribution in [0.1, 0.15) is 48.4 Å². The van der Waals surface area contributed by atoms with Crippen molar-refractivity contribution >= 4 is 28.3 Å². The van der Waals surface area contributed by atoms with E-state index in [0.29, 0.717) is 18.2 Å². The molecule has 0 saturated heterocycles. The van der Waals surface area contributed by atoms with E-state index in [1.165, 1.54) is 17.4 Å². The zero-order valence-electron chi connectivity index (χ0n) is 11.7. The molecule has 0 radical (unpaired) electrons. The maximum Gasteiger partial charge on any atom is 0.335 e. The van der Waals surface area contributed by atoms with Gasteiger partial charge in [0.25, 0.3) is 0 Å². The van der Waals surface area contributed by atoms with E-state index >= 15 is 0 Å². The molecule has 0 aliphatic carbocycles. The van der Waals surface area contributed by atoms with E-state index in [1.54, 1.807) is 6.07 Å². The summed E-state index contributed by atoms with van der Waals surface area (Å²) in [7, 11) is 0. The molecule has 2 heterocycles. The lowest BCUT2D eigenvalue weighted by atomic mass is 10.2. The van der Waals surface area contributed by atoms with E-state index in [-0.39, 0.29) is 5.56 Å². The minimum atomic E-state index is -0.952. The summed E-state index contributed by atoms with van der Waals surface area (Å²) in [5.41, 5.74) is 2.00. The first kappa shape index (κ1) is 14.5. The third-order valence-corrected chi connectivity index (χ3v) is 3.61. The largest absolute Gasteiger partial charge is 0.478 e. The van der Waals surface area contributed by atoms with Crippen molar-refractivity contribution in [3.05, 3.63) is 34.5 Å². The van der Waals surface area contributed by atoms with Gasteiger partial charge in [0.1, 0.15) is 5.82 Å². The van der Waals surface area contributed by atoms with Gasteiger partial charge < -0.3 is 10.4 Å². The number of aromatic carboxylic acids is 1. The normalized spacial score (nSPS) is 10.8. The second-order valence-electron chi connectivity index (χ2n) is 4.75. The monoisotopic (exact) mass is 291 g/mol. The SMILES string of the molecule is CCc1cc(C(=O)O)cc(Nc2nc(C(C)C)cs2)n1. The van der Waals surface area contributed by atoms with E-state index in [4.69, 9.17) is 5.11 Å². The zero-order chi connectivity index (χ0) is 14.7. The van der Waals surface area contributed by atoms with E-state index in [1.807, 2.05) is 12.3 Å². The average molecular weight is 291 g/mol. The lowest BCUT2D eigenvalue weighted by Crippen LogP contribution is -2.03. The number of carboxylic acids is 1. The Balaban J connectivity index is 2.27. The fourth-order valence-electron chi connectivity index (χ4n) is 1.67. The average Bonchev–Trinajstić information content (AvgIpc) is 2.87. The van der Waals surface area contributed by atoms with Crippen LogP contribution in [0.15, 0.2) is 17.5 Å². The molecule has 0 bridgehead atoms. The highest BCUT2D eigenvalue weighted by atomic mass is 32.1. The van der Waals surface area contributed by atoms with E-state index in [0.717, 1.165) is 16.5 Å². The Morgan fingerprint density at radius 1 is 1.40 bits per heavy atom. The van der Waals surface area contributed by atoms with Gasteiger partial charge in [-0.25, -0.2) is 14.8 Å². The van der Waals surface area contributed by atoms with Crippen LogP contribution in [0.5, 0.6) is 0 Å². The number of aryl methyl sites for hydroxylation is 1. The van der Waals surface area contributed by atoms with Gasteiger partial charge in [-0.05, 0) is 24.5 Å². The maximum absolute atomic E-state index is 11.1. The fraction of sp³-hybridized carbons (Fsp3) is 0.357. The Morgan fingerprint density at radius 3 is 2.70 bits per heavy atom. The van der Waals surface area contributed by atoms with Crippen LogP contribution in [-0.2, 0) is 6.42 Å². The molecule has 0 amide bonds. The number of thiazole rings is 1. The molecule has 0 spiro atoms. The highest BCUT2D eigenvalue weighted by molar-refractivity contribution is 7.13. The number of pyridine rings is 1. The first-order chi connectivity index (χ1) is 9.49. The molecule has 2 rings (SSSR count). The summed E-state index contributed by atoms with van der Waals surface area (Å²) >= 11 is 1.49. The number of carboxylic acid groups (broad SMARTS) is 1. The van der Waals surface area contributed by atoms with Gasteiger partial charge in [-0.2, -0.15) is 0 Å². The number of nitrogens with one attached hydrogen (secondary N) is 1. The molecular weight excluding hydrogens is 274 g/mol. The van der Waals surface area contributed by atoms with Crippen molar-refractivity contribution in [2.45, 2.75) is 33.1 Å². The van der Waals surface area contributed by atoms with Crippen LogP contribution < -0.4 is 5.32 Å². The number of rotatable bonds is 5. The number of anilines is 2. The first-order valence-corrected chi connectivity index (χ1v) is 7.34. The predicted octanol–water partition coefficient (Wildman–Crippen LogP) is 3.67. The maximum atomic E-state index is 11.1.